The fourth-order valence-corrected chi connectivity index (χ4v) is 3.11. The van der Waals surface area contributed by atoms with E-state index >= 15 is 0 Å². The van der Waals surface area contributed by atoms with E-state index in [0.717, 1.165) is 22.6 Å². The maximum absolute atomic E-state index is 5.84. The zero-order chi connectivity index (χ0) is 18.2. The molecule has 4 aromatic rings. The summed E-state index contributed by atoms with van der Waals surface area (Å²) < 4.78 is 1.80. The van der Waals surface area contributed by atoms with Crippen molar-refractivity contribution in [1.29, 1.82) is 0 Å². The summed E-state index contributed by atoms with van der Waals surface area (Å²) >= 11 is 0. The molecule has 1 aliphatic rings. The molecule has 0 aliphatic heterocycles. The molecule has 3 aromatic heterocycles. The van der Waals surface area contributed by atoms with E-state index in [0.29, 0.717) is 24.2 Å². The van der Waals surface area contributed by atoms with Crippen LogP contribution in [0.4, 0.5) is 23.3 Å². The van der Waals surface area contributed by atoms with Gasteiger partial charge in [0.05, 0.1) is 0 Å². The second kappa shape index (κ2) is 6.31. The van der Waals surface area contributed by atoms with Crippen LogP contribution < -0.4 is 16.4 Å². The SMILES string of the molecule is Nc1cccc(CNc2nc(Nc3cc(C4CC4)[nH]n3)c3cccn3n2)c1. The highest BCUT2D eigenvalue weighted by molar-refractivity contribution is 5.73. The van der Waals surface area contributed by atoms with Crippen molar-refractivity contribution in [2.45, 2.75) is 25.3 Å². The van der Waals surface area contributed by atoms with Crippen molar-refractivity contribution in [1.82, 2.24) is 24.8 Å². The molecule has 0 atom stereocenters. The molecule has 5 N–H and O–H groups in total. The zero-order valence-electron chi connectivity index (χ0n) is 14.7. The Morgan fingerprint density at radius 3 is 2.96 bits per heavy atom. The van der Waals surface area contributed by atoms with E-state index < -0.39 is 0 Å². The minimum Gasteiger partial charge on any atom is -0.399 e. The molecule has 0 radical (unpaired) electrons. The first-order valence-corrected chi connectivity index (χ1v) is 9.00. The van der Waals surface area contributed by atoms with Crippen LogP contribution in [0.3, 0.4) is 0 Å². The molecule has 27 heavy (non-hydrogen) atoms. The average molecular weight is 360 g/mol. The quantitative estimate of drug-likeness (QED) is 0.393. The van der Waals surface area contributed by atoms with E-state index in [4.69, 9.17) is 5.73 Å². The minimum atomic E-state index is 0.529. The van der Waals surface area contributed by atoms with Gasteiger partial charge in [-0.05, 0) is 42.7 Å². The van der Waals surface area contributed by atoms with Gasteiger partial charge in [-0.2, -0.15) is 10.1 Å². The Morgan fingerprint density at radius 2 is 2.11 bits per heavy atom. The Bertz CT molecular complexity index is 1090. The molecule has 1 aliphatic carbocycles. The van der Waals surface area contributed by atoms with Gasteiger partial charge in [0, 0.05) is 36.1 Å². The van der Waals surface area contributed by atoms with Gasteiger partial charge < -0.3 is 16.4 Å². The van der Waals surface area contributed by atoms with Crippen molar-refractivity contribution in [3.8, 4) is 0 Å². The molecule has 0 amide bonds. The van der Waals surface area contributed by atoms with Crippen molar-refractivity contribution in [3.63, 3.8) is 0 Å². The summed E-state index contributed by atoms with van der Waals surface area (Å²) in [7, 11) is 0. The number of benzene rings is 1. The minimum absolute atomic E-state index is 0.529. The number of H-pyrrole nitrogens is 1. The molecule has 0 unspecified atom stereocenters. The molecule has 136 valence electrons. The number of aromatic amines is 1. The fraction of sp³-hybridized carbons (Fsp3) is 0.211. The number of hydrogen-bond acceptors (Lipinski definition) is 6. The smallest absolute Gasteiger partial charge is 0.243 e. The maximum Gasteiger partial charge on any atom is 0.243 e. The Hall–Kier alpha value is -3.55. The van der Waals surface area contributed by atoms with Crippen LogP contribution in [0.25, 0.3) is 5.52 Å². The second-order valence-corrected chi connectivity index (χ2v) is 6.83. The van der Waals surface area contributed by atoms with E-state index in [-0.39, 0.29) is 0 Å². The molecule has 1 aromatic carbocycles. The third-order valence-corrected chi connectivity index (χ3v) is 4.65. The lowest BCUT2D eigenvalue weighted by atomic mass is 10.2. The van der Waals surface area contributed by atoms with Crippen molar-refractivity contribution in [3.05, 3.63) is 59.9 Å². The van der Waals surface area contributed by atoms with E-state index in [1.54, 1.807) is 4.52 Å². The van der Waals surface area contributed by atoms with Crippen molar-refractivity contribution in [2.24, 2.45) is 0 Å². The van der Waals surface area contributed by atoms with Gasteiger partial charge >= 0.3 is 0 Å². The summed E-state index contributed by atoms with van der Waals surface area (Å²) in [6.07, 6.45) is 4.36. The third kappa shape index (κ3) is 3.29. The lowest BCUT2D eigenvalue weighted by molar-refractivity contribution is 0.895. The van der Waals surface area contributed by atoms with E-state index in [2.05, 4.69) is 37.0 Å². The number of nitrogens with zero attached hydrogens (tertiary/aromatic N) is 4. The Kier molecular flexibility index (Phi) is 3.67. The van der Waals surface area contributed by atoms with E-state index in [1.165, 1.54) is 18.5 Å². The average Bonchev–Trinajstić information content (AvgIpc) is 3.22. The topological polar surface area (TPSA) is 109 Å². The standard InChI is InChI=1S/C19H20N8/c20-14-4-1-3-12(9-14)11-21-19-23-18(16-5-2-8-27(16)26-19)22-17-10-15(24-25-17)13-6-7-13/h1-5,8-10,13H,6-7,11,20H2,(H3,21,22,23,24,25,26). The van der Waals surface area contributed by atoms with Crippen molar-refractivity contribution < 1.29 is 0 Å². The number of aromatic nitrogens is 5. The van der Waals surface area contributed by atoms with Crippen LogP contribution in [0, 0.1) is 0 Å². The Labute approximate surface area is 155 Å². The van der Waals surface area contributed by atoms with Crippen LogP contribution in [0.1, 0.15) is 30.0 Å². The number of fused-ring (bicyclic) bond motifs is 1. The summed E-state index contributed by atoms with van der Waals surface area (Å²) in [6, 6.07) is 13.7. The normalized spacial score (nSPS) is 13.8. The van der Waals surface area contributed by atoms with Gasteiger partial charge in [-0.15, -0.1) is 5.10 Å². The van der Waals surface area contributed by atoms with Crippen LogP contribution in [-0.2, 0) is 6.54 Å². The van der Waals surface area contributed by atoms with Gasteiger partial charge in [0.1, 0.15) is 5.52 Å². The lowest BCUT2D eigenvalue weighted by Crippen LogP contribution is -2.09. The maximum atomic E-state index is 5.84. The highest BCUT2D eigenvalue weighted by atomic mass is 15.3. The predicted octanol–water partition coefficient (Wildman–Crippen LogP) is 3.27. The van der Waals surface area contributed by atoms with Gasteiger partial charge in [-0.3, -0.25) is 5.10 Å². The third-order valence-electron chi connectivity index (χ3n) is 4.65. The summed E-state index contributed by atoms with van der Waals surface area (Å²) in [5.74, 6) is 2.63. The van der Waals surface area contributed by atoms with Crippen LogP contribution in [0.5, 0.6) is 0 Å². The molecule has 8 nitrogen and oxygen atoms in total. The molecule has 0 spiro atoms. The molecular weight excluding hydrogens is 340 g/mol. The van der Waals surface area contributed by atoms with Crippen LogP contribution in [-0.4, -0.2) is 24.8 Å². The van der Waals surface area contributed by atoms with Crippen molar-refractivity contribution in [2.75, 3.05) is 16.4 Å². The first kappa shape index (κ1) is 15.7. The number of anilines is 4. The molecule has 1 saturated carbocycles. The van der Waals surface area contributed by atoms with Crippen molar-refractivity contribution >= 4 is 28.8 Å². The van der Waals surface area contributed by atoms with E-state index in [1.807, 2.05) is 42.6 Å². The summed E-state index contributed by atoms with van der Waals surface area (Å²) in [5.41, 5.74) is 9.72. The predicted molar refractivity (Wildman–Crippen MR) is 105 cm³/mol. The van der Waals surface area contributed by atoms with Gasteiger partial charge in [-0.1, -0.05) is 12.1 Å². The number of nitrogens with one attached hydrogen (secondary N) is 3. The number of hydrogen-bond donors (Lipinski definition) is 4. The molecule has 0 saturated heterocycles. The molecule has 0 bridgehead atoms. The Balaban J connectivity index is 1.40. The number of nitrogen functional groups attached to an aromatic ring is 1. The molecule has 3 heterocycles. The fourth-order valence-electron chi connectivity index (χ4n) is 3.11. The van der Waals surface area contributed by atoms with Crippen LogP contribution in [0.15, 0.2) is 48.7 Å². The lowest BCUT2D eigenvalue weighted by Gasteiger charge is -2.10. The largest absolute Gasteiger partial charge is 0.399 e. The van der Waals surface area contributed by atoms with Gasteiger partial charge in [-0.25, -0.2) is 4.52 Å². The molecule has 8 heteroatoms. The van der Waals surface area contributed by atoms with Gasteiger partial charge in [0.2, 0.25) is 5.95 Å². The molecule has 5 rings (SSSR count). The van der Waals surface area contributed by atoms with E-state index in [9.17, 15) is 0 Å². The molecule has 1 fully saturated rings. The van der Waals surface area contributed by atoms with Gasteiger partial charge in [0.25, 0.3) is 0 Å². The second-order valence-electron chi connectivity index (χ2n) is 6.83. The summed E-state index contributed by atoms with van der Waals surface area (Å²) in [4.78, 5) is 4.64. The van der Waals surface area contributed by atoms with Gasteiger partial charge in [0.15, 0.2) is 11.6 Å². The Morgan fingerprint density at radius 1 is 1.19 bits per heavy atom. The number of rotatable bonds is 6. The van der Waals surface area contributed by atoms with Crippen LogP contribution in [0.2, 0.25) is 0 Å². The number of nitrogens with two attached hydrogens (primary N) is 1. The summed E-state index contributed by atoms with van der Waals surface area (Å²) in [5, 5.41) is 18.5. The highest BCUT2D eigenvalue weighted by Gasteiger charge is 2.25. The zero-order valence-corrected chi connectivity index (χ0v) is 14.7. The molecular formula is C19H20N8. The highest BCUT2D eigenvalue weighted by Crippen LogP contribution is 2.39. The summed E-state index contributed by atoms with van der Waals surface area (Å²) in [6.45, 7) is 0.589. The first-order chi connectivity index (χ1) is 13.2. The monoisotopic (exact) mass is 360 g/mol. The first-order valence-electron chi connectivity index (χ1n) is 9.00. The van der Waals surface area contributed by atoms with Crippen LogP contribution >= 0.6 is 0 Å².